The topological polar surface area (TPSA) is 90.4 Å². The summed E-state index contributed by atoms with van der Waals surface area (Å²) in [7, 11) is -3.21. The van der Waals surface area contributed by atoms with Crippen LogP contribution in [0, 0.1) is 12.7 Å². The molecule has 1 amide bonds. The summed E-state index contributed by atoms with van der Waals surface area (Å²) in [6.45, 7) is 5.50. The van der Waals surface area contributed by atoms with Crippen LogP contribution >= 0.6 is 0 Å². The van der Waals surface area contributed by atoms with Gasteiger partial charge in [-0.15, -0.1) is 0 Å². The first kappa shape index (κ1) is 23.9. The molecular formula is C21H32FN3O5S. The third-order valence-electron chi connectivity index (χ3n) is 6.13. The Hall–Kier alpha value is -1.75. The number of amides is 1. The van der Waals surface area contributed by atoms with E-state index in [1.54, 1.807) is 17.9 Å². The SMILES string of the molecule is CC(=O)N1CCN(C2CCN(S(C)(=O)=O)CC2)CC(O)(COc2ccc(F)c(C)c2)C1. The van der Waals surface area contributed by atoms with E-state index in [4.69, 9.17) is 4.74 Å². The van der Waals surface area contributed by atoms with Gasteiger partial charge in [-0.25, -0.2) is 17.1 Å². The van der Waals surface area contributed by atoms with Crippen molar-refractivity contribution in [3.63, 3.8) is 0 Å². The van der Waals surface area contributed by atoms with Gasteiger partial charge in [-0.05, 0) is 43.5 Å². The number of aryl methyl sites for hydroxylation is 1. The van der Waals surface area contributed by atoms with E-state index in [9.17, 15) is 22.7 Å². The van der Waals surface area contributed by atoms with Crippen molar-refractivity contribution in [2.45, 2.75) is 38.3 Å². The number of sulfonamides is 1. The maximum Gasteiger partial charge on any atom is 0.219 e. The molecule has 1 atom stereocenters. The molecule has 1 aromatic rings. The number of hydrogen-bond acceptors (Lipinski definition) is 6. The number of halogens is 1. The van der Waals surface area contributed by atoms with Gasteiger partial charge in [0.2, 0.25) is 15.9 Å². The van der Waals surface area contributed by atoms with E-state index in [1.165, 1.54) is 29.6 Å². The highest BCUT2D eigenvalue weighted by atomic mass is 32.2. The molecule has 174 valence electrons. The zero-order valence-corrected chi connectivity index (χ0v) is 19.2. The normalized spacial score (nSPS) is 24.7. The van der Waals surface area contributed by atoms with Crippen molar-refractivity contribution >= 4 is 15.9 Å². The number of ether oxygens (including phenoxy) is 1. The number of carbonyl (C=O) groups excluding carboxylic acids is 1. The van der Waals surface area contributed by atoms with Gasteiger partial charge in [0.05, 0.1) is 12.8 Å². The van der Waals surface area contributed by atoms with Crippen molar-refractivity contribution in [1.29, 1.82) is 0 Å². The van der Waals surface area contributed by atoms with E-state index in [-0.39, 0.29) is 30.9 Å². The number of benzene rings is 1. The number of aliphatic hydroxyl groups is 1. The standard InChI is InChI=1S/C21H32FN3O5S/c1-16-12-19(4-5-20(16)22)30-15-21(27)13-23(17(2)26)10-11-24(14-21)18-6-8-25(9-7-18)31(3,28)29/h4-5,12,18,27H,6-11,13-15H2,1-3H3. The summed E-state index contributed by atoms with van der Waals surface area (Å²) in [4.78, 5) is 15.8. The zero-order valence-electron chi connectivity index (χ0n) is 18.4. The van der Waals surface area contributed by atoms with Gasteiger partial charge in [0.1, 0.15) is 23.8 Å². The molecule has 0 radical (unpaired) electrons. The number of carbonyl (C=O) groups is 1. The lowest BCUT2D eigenvalue weighted by molar-refractivity contribution is -0.132. The molecule has 0 spiro atoms. The summed E-state index contributed by atoms with van der Waals surface area (Å²) >= 11 is 0. The van der Waals surface area contributed by atoms with Gasteiger partial charge in [-0.3, -0.25) is 9.69 Å². The Balaban J connectivity index is 1.71. The summed E-state index contributed by atoms with van der Waals surface area (Å²) in [5, 5.41) is 11.4. The predicted molar refractivity (Wildman–Crippen MR) is 115 cm³/mol. The highest BCUT2D eigenvalue weighted by Crippen LogP contribution is 2.25. The highest BCUT2D eigenvalue weighted by molar-refractivity contribution is 7.88. The number of β-amino-alcohol motifs (C(OH)–C–C–N with tert-alkyl or cyclic N) is 1. The van der Waals surface area contributed by atoms with Crippen LogP contribution in [0.5, 0.6) is 5.75 Å². The van der Waals surface area contributed by atoms with E-state index < -0.39 is 15.6 Å². The van der Waals surface area contributed by atoms with Gasteiger partial charge in [0, 0.05) is 45.7 Å². The smallest absolute Gasteiger partial charge is 0.219 e. The van der Waals surface area contributed by atoms with Crippen LogP contribution < -0.4 is 4.74 Å². The second-order valence-electron chi connectivity index (χ2n) is 8.73. The third-order valence-corrected chi connectivity index (χ3v) is 7.43. The maximum absolute atomic E-state index is 13.5. The molecule has 0 aliphatic carbocycles. The monoisotopic (exact) mass is 457 g/mol. The van der Waals surface area contributed by atoms with Crippen LogP contribution in [0.2, 0.25) is 0 Å². The summed E-state index contributed by atoms with van der Waals surface area (Å²) < 4.78 is 44.4. The molecule has 2 heterocycles. The van der Waals surface area contributed by atoms with Crippen molar-refractivity contribution in [2.24, 2.45) is 0 Å². The first-order chi connectivity index (χ1) is 14.5. The molecule has 1 aromatic carbocycles. The Morgan fingerprint density at radius 1 is 1.23 bits per heavy atom. The minimum absolute atomic E-state index is 0.0411. The van der Waals surface area contributed by atoms with Crippen LogP contribution in [-0.2, 0) is 14.8 Å². The third kappa shape index (κ3) is 6.15. The number of rotatable bonds is 5. The fraction of sp³-hybridized carbons (Fsp3) is 0.667. The molecule has 2 fully saturated rings. The van der Waals surface area contributed by atoms with Crippen LogP contribution in [0.15, 0.2) is 18.2 Å². The Morgan fingerprint density at radius 3 is 2.48 bits per heavy atom. The van der Waals surface area contributed by atoms with E-state index >= 15 is 0 Å². The Morgan fingerprint density at radius 2 is 1.90 bits per heavy atom. The van der Waals surface area contributed by atoms with E-state index in [0.717, 1.165) is 0 Å². The van der Waals surface area contributed by atoms with E-state index in [0.29, 0.717) is 56.9 Å². The minimum atomic E-state index is -3.21. The van der Waals surface area contributed by atoms with Crippen molar-refractivity contribution in [3.05, 3.63) is 29.6 Å². The molecular weight excluding hydrogens is 425 g/mol. The molecule has 8 nitrogen and oxygen atoms in total. The van der Waals surface area contributed by atoms with Crippen molar-refractivity contribution in [2.75, 3.05) is 52.1 Å². The van der Waals surface area contributed by atoms with Gasteiger partial charge in [-0.2, -0.15) is 0 Å². The molecule has 31 heavy (non-hydrogen) atoms. The van der Waals surface area contributed by atoms with Crippen LogP contribution in [0.4, 0.5) is 4.39 Å². The molecule has 2 aliphatic rings. The molecule has 1 N–H and O–H groups in total. The first-order valence-corrected chi connectivity index (χ1v) is 12.4. The minimum Gasteiger partial charge on any atom is -0.490 e. The fourth-order valence-corrected chi connectivity index (χ4v) is 5.20. The molecule has 3 rings (SSSR count). The average molecular weight is 458 g/mol. The van der Waals surface area contributed by atoms with Gasteiger partial charge in [0.15, 0.2) is 0 Å². The second-order valence-corrected chi connectivity index (χ2v) is 10.7. The number of hydrogen-bond donors (Lipinski definition) is 1. The van der Waals surface area contributed by atoms with Crippen molar-refractivity contribution in [3.8, 4) is 5.75 Å². The molecule has 0 bridgehead atoms. The highest BCUT2D eigenvalue weighted by Gasteiger charge is 2.40. The Labute approximate surface area is 183 Å². The van der Waals surface area contributed by atoms with Gasteiger partial charge in [-0.1, -0.05) is 0 Å². The van der Waals surface area contributed by atoms with Crippen molar-refractivity contribution < 1.29 is 27.4 Å². The van der Waals surface area contributed by atoms with Gasteiger partial charge < -0.3 is 14.7 Å². The first-order valence-electron chi connectivity index (χ1n) is 10.5. The van der Waals surface area contributed by atoms with Crippen LogP contribution in [-0.4, -0.2) is 97.3 Å². The molecule has 0 saturated carbocycles. The molecule has 10 heteroatoms. The lowest BCUT2D eigenvalue weighted by Gasteiger charge is -2.39. The maximum atomic E-state index is 13.5. The van der Waals surface area contributed by atoms with Gasteiger partial charge >= 0.3 is 0 Å². The summed E-state index contributed by atoms with van der Waals surface area (Å²) in [6, 6.07) is 4.54. The zero-order chi connectivity index (χ0) is 22.8. The molecule has 0 aromatic heterocycles. The Kier molecular flexibility index (Phi) is 7.25. The lowest BCUT2D eigenvalue weighted by atomic mass is 10.00. The lowest BCUT2D eigenvalue weighted by Crippen LogP contribution is -2.55. The second kappa shape index (κ2) is 9.40. The average Bonchev–Trinajstić information content (AvgIpc) is 2.88. The molecule has 2 aliphatic heterocycles. The molecule has 1 unspecified atom stereocenters. The summed E-state index contributed by atoms with van der Waals surface area (Å²) in [5.74, 6) is 0.0126. The molecule has 2 saturated heterocycles. The fourth-order valence-electron chi connectivity index (χ4n) is 4.33. The number of nitrogens with zero attached hydrogens (tertiary/aromatic N) is 3. The quantitative estimate of drug-likeness (QED) is 0.705. The van der Waals surface area contributed by atoms with E-state index in [1.807, 2.05) is 0 Å². The Bertz CT molecular complexity index is 904. The van der Waals surface area contributed by atoms with Crippen LogP contribution in [0.1, 0.15) is 25.3 Å². The number of piperidine rings is 1. The largest absolute Gasteiger partial charge is 0.490 e. The van der Waals surface area contributed by atoms with Crippen LogP contribution in [0.25, 0.3) is 0 Å². The van der Waals surface area contributed by atoms with E-state index in [2.05, 4.69) is 4.90 Å². The van der Waals surface area contributed by atoms with Gasteiger partial charge in [0.25, 0.3) is 0 Å². The summed E-state index contributed by atoms with van der Waals surface area (Å²) in [6.07, 6.45) is 2.56. The van der Waals surface area contributed by atoms with Crippen molar-refractivity contribution in [1.82, 2.24) is 14.1 Å². The van der Waals surface area contributed by atoms with Crippen LogP contribution in [0.3, 0.4) is 0 Å². The summed E-state index contributed by atoms with van der Waals surface area (Å²) in [5.41, 5.74) is -0.853. The predicted octanol–water partition coefficient (Wildman–Crippen LogP) is 0.832.